The maximum absolute atomic E-state index is 9.79. The number of halogens is 1. The van der Waals surface area contributed by atoms with Crippen molar-refractivity contribution in [1.82, 2.24) is 5.32 Å². The van der Waals surface area contributed by atoms with E-state index in [4.69, 9.17) is 9.84 Å². The lowest BCUT2D eigenvalue weighted by molar-refractivity contribution is 0.103. The van der Waals surface area contributed by atoms with E-state index >= 15 is 0 Å². The highest BCUT2D eigenvalue weighted by molar-refractivity contribution is 9.10. The van der Waals surface area contributed by atoms with E-state index in [1.54, 1.807) is 0 Å². The lowest BCUT2D eigenvalue weighted by Crippen LogP contribution is -2.36. The SMILES string of the molecule is CC(CCCO)NCC(O)COc1ccc(Br)cc1. The summed E-state index contributed by atoms with van der Waals surface area (Å²) < 4.78 is 6.49. The minimum atomic E-state index is -0.541. The van der Waals surface area contributed by atoms with Gasteiger partial charge in [0.25, 0.3) is 0 Å². The molecule has 0 aliphatic heterocycles. The molecule has 0 radical (unpaired) electrons. The molecular weight excluding hydrogens is 310 g/mol. The predicted molar refractivity (Wildman–Crippen MR) is 79.4 cm³/mol. The summed E-state index contributed by atoms with van der Waals surface area (Å²) in [6.07, 6.45) is 1.14. The summed E-state index contributed by atoms with van der Waals surface area (Å²) >= 11 is 3.35. The van der Waals surface area contributed by atoms with Gasteiger partial charge in [0.05, 0.1) is 0 Å². The van der Waals surface area contributed by atoms with Crippen molar-refractivity contribution in [2.75, 3.05) is 19.8 Å². The Morgan fingerprint density at radius 3 is 2.63 bits per heavy atom. The molecule has 2 atom stereocenters. The van der Waals surface area contributed by atoms with Gasteiger partial charge in [0.2, 0.25) is 0 Å². The first-order valence-electron chi connectivity index (χ1n) is 6.52. The third kappa shape index (κ3) is 7.52. The van der Waals surface area contributed by atoms with Gasteiger partial charge in [-0.2, -0.15) is 0 Å². The van der Waals surface area contributed by atoms with Crippen LogP contribution in [-0.4, -0.2) is 42.1 Å². The van der Waals surface area contributed by atoms with Gasteiger partial charge in [0.1, 0.15) is 18.5 Å². The Balaban J connectivity index is 2.17. The molecule has 2 unspecified atom stereocenters. The molecule has 0 aliphatic carbocycles. The average Bonchev–Trinajstić information content (AvgIpc) is 2.42. The van der Waals surface area contributed by atoms with Crippen molar-refractivity contribution in [2.45, 2.75) is 31.9 Å². The summed E-state index contributed by atoms with van der Waals surface area (Å²) in [7, 11) is 0. The van der Waals surface area contributed by atoms with Crippen molar-refractivity contribution in [3.05, 3.63) is 28.7 Å². The highest BCUT2D eigenvalue weighted by atomic mass is 79.9. The van der Waals surface area contributed by atoms with Crippen LogP contribution in [0.4, 0.5) is 0 Å². The molecule has 1 aromatic carbocycles. The Hall–Kier alpha value is -0.620. The molecule has 1 aromatic rings. The number of aliphatic hydroxyl groups excluding tert-OH is 2. The molecule has 0 fully saturated rings. The Bertz CT molecular complexity index is 345. The third-order valence-electron chi connectivity index (χ3n) is 2.75. The van der Waals surface area contributed by atoms with Crippen LogP contribution in [-0.2, 0) is 0 Å². The van der Waals surface area contributed by atoms with Gasteiger partial charge in [-0.05, 0) is 44.0 Å². The molecule has 0 amide bonds. The van der Waals surface area contributed by atoms with Crippen molar-refractivity contribution in [3.8, 4) is 5.75 Å². The molecule has 0 saturated carbocycles. The maximum Gasteiger partial charge on any atom is 0.119 e. The molecule has 5 heteroatoms. The normalized spacial score (nSPS) is 14.1. The molecule has 19 heavy (non-hydrogen) atoms. The smallest absolute Gasteiger partial charge is 0.119 e. The molecule has 0 bridgehead atoms. The second-order valence-corrected chi connectivity index (χ2v) is 5.51. The molecule has 0 aliphatic rings. The van der Waals surface area contributed by atoms with E-state index < -0.39 is 6.10 Å². The zero-order valence-electron chi connectivity index (χ0n) is 11.2. The van der Waals surface area contributed by atoms with Crippen LogP contribution in [0.1, 0.15) is 19.8 Å². The van der Waals surface area contributed by atoms with Crippen LogP contribution in [0.3, 0.4) is 0 Å². The van der Waals surface area contributed by atoms with Crippen LogP contribution >= 0.6 is 15.9 Å². The second kappa shape index (κ2) is 9.31. The fourth-order valence-corrected chi connectivity index (χ4v) is 1.88. The first-order valence-corrected chi connectivity index (χ1v) is 7.31. The van der Waals surface area contributed by atoms with Gasteiger partial charge in [0, 0.05) is 23.7 Å². The van der Waals surface area contributed by atoms with E-state index in [0.717, 1.165) is 23.1 Å². The number of hydrogen-bond donors (Lipinski definition) is 3. The molecule has 1 rings (SSSR count). The van der Waals surface area contributed by atoms with Gasteiger partial charge < -0.3 is 20.3 Å². The minimum Gasteiger partial charge on any atom is -0.491 e. The lowest BCUT2D eigenvalue weighted by atomic mass is 10.2. The zero-order chi connectivity index (χ0) is 14.1. The van der Waals surface area contributed by atoms with Crippen LogP contribution in [0.25, 0.3) is 0 Å². The highest BCUT2D eigenvalue weighted by Gasteiger charge is 2.07. The number of benzene rings is 1. The Labute approximate surface area is 122 Å². The van der Waals surface area contributed by atoms with E-state index in [2.05, 4.69) is 21.2 Å². The highest BCUT2D eigenvalue weighted by Crippen LogP contribution is 2.16. The fraction of sp³-hybridized carbons (Fsp3) is 0.571. The summed E-state index contributed by atoms with van der Waals surface area (Å²) in [6.45, 7) is 3.00. The average molecular weight is 332 g/mol. The summed E-state index contributed by atoms with van der Waals surface area (Å²) in [6, 6.07) is 7.80. The number of aliphatic hydroxyl groups is 2. The largest absolute Gasteiger partial charge is 0.491 e. The quantitative estimate of drug-likeness (QED) is 0.647. The van der Waals surface area contributed by atoms with Crippen LogP contribution in [0.15, 0.2) is 28.7 Å². The van der Waals surface area contributed by atoms with Crippen LogP contribution in [0.5, 0.6) is 5.75 Å². The zero-order valence-corrected chi connectivity index (χ0v) is 12.8. The van der Waals surface area contributed by atoms with Gasteiger partial charge in [-0.1, -0.05) is 15.9 Å². The second-order valence-electron chi connectivity index (χ2n) is 4.59. The number of hydrogen-bond acceptors (Lipinski definition) is 4. The third-order valence-corrected chi connectivity index (χ3v) is 3.28. The number of nitrogens with one attached hydrogen (secondary N) is 1. The van der Waals surface area contributed by atoms with Crippen LogP contribution in [0, 0.1) is 0 Å². The predicted octanol–water partition coefficient (Wildman–Crippen LogP) is 1.94. The Kier molecular flexibility index (Phi) is 8.05. The molecule has 0 aromatic heterocycles. The minimum absolute atomic E-state index is 0.210. The lowest BCUT2D eigenvalue weighted by Gasteiger charge is -2.17. The van der Waals surface area contributed by atoms with Gasteiger partial charge in [-0.3, -0.25) is 0 Å². The Morgan fingerprint density at radius 2 is 2.00 bits per heavy atom. The van der Waals surface area contributed by atoms with Crippen LogP contribution < -0.4 is 10.1 Å². The first-order chi connectivity index (χ1) is 9.11. The van der Waals surface area contributed by atoms with E-state index in [9.17, 15) is 5.11 Å². The van der Waals surface area contributed by atoms with Gasteiger partial charge in [-0.15, -0.1) is 0 Å². The molecular formula is C14H22BrNO3. The van der Waals surface area contributed by atoms with Crippen molar-refractivity contribution in [2.24, 2.45) is 0 Å². The van der Waals surface area contributed by atoms with Crippen molar-refractivity contribution >= 4 is 15.9 Å². The summed E-state index contributed by atoms with van der Waals surface area (Å²) in [4.78, 5) is 0. The Morgan fingerprint density at radius 1 is 1.32 bits per heavy atom. The molecule has 108 valence electrons. The van der Waals surface area contributed by atoms with Gasteiger partial charge >= 0.3 is 0 Å². The number of rotatable bonds is 9. The monoisotopic (exact) mass is 331 g/mol. The van der Waals surface area contributed by atoms with Crippen LogP contribution in [0.2, 0.25) is 0 Å². The van der Waals surface area contributed by atoms with E-state index in [1.165, 1.54) is 0 Å². The number of ether oxygens (including phenoxy) is 1. The first kappa shape index (κ1) is 16.4. The topological polar surface area (TPSA) is 61.7 Å². The van der Waals surface area contributed by atoms with Crippen molar-refractivity contribution < 1.29 is 14.9 Å². The van der Waals surface area contributed by atoms with E-state index in [0.29, 0.717) is 6.54 Å². The summed E-state index contributed by atoms with van der Waals surface area (Å²) in [5.41, 5.74) is 0. The summed E-state index contributed by atoms with van der Waals surface area (Å²) in [5.74, 6) is 0.746. The van der Waals surface area contributed by atoms with Crippen molar-refractivity contribution in [3.63, 3.8) is 0 Å². The molecule has 4 nitrogen and oxygen atoms in total. The molecule has 0 saturated heterocycles. The molecule has 0 spiro atoms. The van der Waals surface area contributed by atoms with E-state index in [1.807, 2.05) is 31.2 Å². The summed E-state index contributed by atoms with van der Waals surface area (Å²) in [5, 5.41) is 21.7. The van der Waals surface area contributed by atoms with E-state index in [-0.39, 0.29) is 19.3 Å². The maximum atomic E-state index is 9.79. The van der Waals surface area contributed by atoms with Crippen molar-refractivity contribution in [1.29, 1.82) is 0 Å². The standard InChI is InChI=1S/C14H22BrNO3/c1-11(3-2-8-17)16-9-13(18)10-19-14-6-4-12(15)5-7-14/h4-7,11,13,16-18H,2-3,8-10H2,1H3. The van der Waals surface area contributed by atoms with Gasteiger partial charge in [0.15, 0.2) is 0 Å². The molecule has 3 N–H and O–H groups in total. The van der Waals surface area contributed by atoms with Gasteiger partial charge in [-0.25, -0.2) is 0 Å². The molecule has 0 heterocycles. The fourth-order valence-electron chi connectivity index (χ4n) is 1.62.